The Morgan fingerprint density at radius 1 is 1.04 bits per heavy atom. The minimum atomic E-state index is -3.13. The second-order valence-corrected chi connectivity index (χ2v) is 8.58. The Labute approximate surface area is 144 Å². The van der Waals surface area contributed by atoms with Gasteiger partial charge in [0, 0.05) is 39.3 Å². The molecule has 2 heterocycles. The fourth-order valence-corrected chi connectivity index (χ4v) is 4.39. The molecule has 132 valence electrons. The fourth-order valence-electron chi connectivity index (χ4n) is 3.57. The molecule has 0 N–H and O–H groups in total. The summed E-state index contributed by atoms with van der Waals surface area (Å²) in [4.78, 5) is 17.0. The summed E-state index contributed by atoms with van der Waals surface area (Å²) in [7, 11) is -3.13. The van der Waals surface area contributed by atoms with Crippen molar-refractivity contribution in [1.29, 1.82) is 0 Å². The second-order valence-electron chi connectivity index (χ2n) is 6.60. The summed E-state index contributed by atoms with van der Waals surface area (Å²) in [5.74, 6) is 0.179. The van der Waals surface area contributed by atoms with E-state index in [0.717, 1.165) is 24.9 Å². The number of carbonyl (C=O) groups is 1. The Kier molecular flexibility index (Phi) is 5.22. The molecule has 0 radical (unpaired) electrons. The summed E-state index contributed by atoms with van der Waals surface area (Å²) in [5, 5.41) is 0. The van der Waals surface area contributed by atoms with E-state index in [9.17, 15) is 13.2 Å². The highest BCUT2D eigenvalue weighted by atomic mass is 32.2. The molecule has 0 bridgehead atoms. The van der Waals surface area contributed by atoms with Crippen molar-refractivity contribution in [3.8, 4) is 0 Å². The van der Waals surface area contributed by atoms with Gasteiger partial charge in [-0.05, 0) is 18.4 Å². The zero-order chi connectivity index (χ0) is 17.2. The van der Waals surface area contributed by atoms with E-state index in [1.807, 2.05) is 35.2 Å². The lowest BCUT2D eigenvalue weighted by molar-refractivity contribution is -0.141. The molecule has 7 heteroatoms. The molecule has 2 aliphatic rings. The van der Waals surface area contributed by atoms with Gasteiger partial charge in [-0.3, -0.25) is 9.69 Å². The van der Waals surface area contributed by atoms with Gasteiger partial charge in [-0.15, -0.1) is 0 Å². The lowest BCUT2D eigenvalue weighted by atomic mass is 10.0. The number of rotatable bonds is 4. The maximum absolute atomic E-state index is 12.9. The van der Waals surface area contributed by atoms with E-state index in [1.54, 1.807) is 0 Å². The first-order valence-corrected chi connectivity index (χ1v) is 10.3. The van der Waals surface area contributed by atoms with Crippen LogP contribution in [0.25, 0.3) is 0 Å². The number of piperazine rings is 1. The topological polar surface area (TPSA) is 60.9 Å². The van der Waals surface area contributed by atoms with E-state index in [4.69, 9.17) is 0 Å². The molecule has 1 atom stereocenters. The van der Waals surface area contributed by atoms with Gasteiger partial charge in [-0.1, -0.05) is 30.3 Å². The molecule has 2 aliphatic heterocycles. The second kappa shape index (κ2) is 7.21. The van der Waals surface area contributed by atoms with Gasteiger partial charge in [0.25, 0.3) is 0 Å². The largest absolute Gasteiger partial charge is 0.337 e. The third-order valence-corrected chi connectivity index (χ3v) is 6.20. The third-order valence-electron chi connectivity index (χ3n) is 4.90. The number of piperidine rings is 1. The van der Waals surface area contributed by atoms with E-state index < -0.39 is 10.0 Å². The first kappa shape index (κ1) is 17.4. The first-order valence-electron chi connectivity index (χ1n) is 8.47. The monoisotopic (exact) mass is 351 g/mol. The summed E-state index contributed by atoms with van der Waals surface area (Å²) < 4.78 is 24.7. The molecule has 0 aliphatic carbocycles. The van der Waals surface area contributed by atoms with Gasteiger partial charge in [0.15, 0.2) is 0 Å². The summed E-state index contributed by atoms with van der Waals surface area (Å²) in [6.45, 7) is 3.65. The Bertz CT molecular complexity index is 670. The number of hydrogen-bond donors (Lipinski definition) is 0. The quantitative estimate of drug-likeness (QED) is 0.803. The van der Waals surface area contributed by atoms with Gasteiger partial charge in [0.05, 0.1) is 12.3 Å². The highest BCUT2D eigenvalue weighted by molar-refractivity contribution is 7.88. The molecule has 2 saturated heterocycles. The fraction of sp³-hybridized carbons (Fsp3) is 0.588. The van der Waals surface area contributed by atoms with E-state index in [0.29, 0.717) is 32.7 Å². The van der Waals surface area contributed by atoms with Crippen LogP contribution in [-0.4, -0.2) is 73.5 Å². The molecule has 24 heavy (non-hydrogen) atoms. The highest BCUT2D eigenvalue weighted by Gasteiger charge is 2.35. The Balaban J connectivity index is 1.61. The number of carbonyl (C=O) groups excluding carboxylic acids is 1. The number of benzene rings is 1. The average Bonchev–Trinajstić information content (AvgIpc) is 2.57. The van der Waals surface area contributed by atoms with E-state index in [-0.39, 0.29) is 11.9 Å². The molecule has 0 spiro atoms. The molecule has 0 saturated carbocycles. The average molecular weight is 351 g/mol. The van der Waals surface area contributed by atoms with E-state index in [2.05, 4.69) is 4.90 Å². The summed E-state index contributed by atoms with van der Waals surface area (Å²) >= 11 is 0. The number of sulfonamides is 1. The molecule has 3 rings (SSSR count). The number of likely N-dealkylation sites (tertiary alicyclic amines) is 1. The standard InChI is InChI=1S/C17H25N3O3S/c1-24(22,23)20-12-10-18(11-13-20)16-8-5-9-19(17(16)21)14-15-6-3-2-4-7-15/h2-4,6-7,16H,5,8-14H2,1H3. The van der Waals surface area contributed by atoms with Crippen LogP contribution in [0.5, 0.6) is 0 Å². The zero-order valence-electron chi connectivity index (χ0n) is 14.1. The van der Waals surface area contributed by atoms with Crippen LogP contribution in [0.3, 0.4) is 0 Å². The minimum Gasteiger partial charge on any atom is -0.337 e. The third kappa shape index (κ3) is 3.96. The van der Waals surface area contributed by atoms with Crippen LogP contribution in [0.2, 0.25) is 0 Å². The summed E-state index contributed by atoms with van der Waals surface area (Å²) in [5.41, 5.74) is 1.15. The van der Waals surface area contributed by atoms with Crippen LogP contribution >= 0.6 is 0 Å². The molecule has 0 aromatic heterocycles. The van der Waals surface area contributed by atoms with Gasteiger partial charge in [-0.2, -0.15) is 4.31 Å². The van der Waals surface area contributed by atoms with Crippen LogP contribution < -0.4 is 0 Å². The van der Waals surface area contributed by atoms with Crippen LogP contribution in [-0.2, 0) is 21.4 Å². The van der Waals surface area contributed by atoms with Gasteiger partial charge >= 0.3 is 0 Å². The lowest BCUT2D eigenvalue weighted by Crippen LogP contribution is -2.58. The van der Waals surface area contributed by atoms with E-state index in [1.165, 1.54) is 10.6 Å². The molecule has 1 aromatic rings. The van der Waals surface area contributed by atoms with Crippen molar-refractivity contribution < 1.29 is 13.2 Å². The van der Waals surface area contributed by atoms with Gasteiger partial charge in [-0.25, -0.2) is 8.42 Å². The number of hydrogen-bond acceptors (Lipinski definition) is 4. The minimum absolute atomic E-state index is 0.107. The Hall–Kier alpha value is -1.44. The van der Waals surface area contributed by atoms with Crippen molar-refractivity contribution in [3.63, 3.8) is 0 Å². The molecule has 6 nitrogen and oxygen atoms in total. The van der Waals surface area contributed by atoms with Gasteiger partial charge in [0.2, 0.25) is 15.9 Å². The van der Waals surface area contributed by atoms with Crippen molar-refractivity contribution in [1.82, 2.24) is 14.1 Å². The molecule has 1 unspecified atom stereocenters. The molecule has 1 aromatic carbocycles. The Morgan fingerprint density at radius 3 is 2.33 bits per heavy atom. The van der Waals surface area contributed by atoms with Crippen molar-refractivity contribution in [2.75, 3.05) is 39.0 Å². The van der Waals surface area contributed by atoms with Crippen molar-refractivity contribution in [2.45, 2.75) is 25.4 Å². The maximum Gasteiger partial charge on any atom is 0.240 e. The SMILES string of the molecule is CS(=O)(=O)N1CCN(C2CCCN(Cc3ccccc3)C2=O)CC1. The molecular formula is C17H25N3O3S. The van der Waals surface area contributed by atoms with Crippen LogP contribution in [0.1, 0.15) is 18.4 Å². The summed E-state index contributed by atoms with van der Waals surface area (Å²) in [6.07, 6.45) is 3.11. The highest BCUT2D eigenvalue weighted by Crippen LogP contribution is 2.21. The Morgan fingerprint density at radius 2 is 1.71 bits per heavy atom. The maximum atomic E-state index is 12.9. The normalized spacial score (nSPS) is 24.3. The smallest absolute Gasteiger partial charge is 0.240 e. The van der Waals surface area contributed by atoms with Gasteiger partial charge < -0.3 is 4.90 Å². The molecular weight excluding hydrogens is 326 g/mol. The van der Waals surface area contributed by atoms with Crippen LogP contribution in [0, 0.1) is 0 Å². The van der Waals surface area contributed by atoms with Gasteiger partial charge in [0.1, 0.15) is 0 Å². The van der Waals surface area contributed by atoms with Crippen LogP contribution in [0.4, 0.5) is 0 Å². The predicted molar refractivity (Wildman–Crippen MR) is 92.9 cm³/mol. The van der Waals surface area contributed by atoms with Crippen molar-refractivity contribution in [3.05, 3.63) is 35.9 Å². The van der Waals surface area contributed by atoms with E-state index >= 15 is 0 Å². The number of amides is 1. The lowest BCUT2D eigenvalue weighted by Gasteiger charge is -2.42. The molecule has 1 amide bonds. The predicted octanol–water partition coefficient (Wildman–Crippen LogP) is 0.755. The summed E-state index contributed by atoms with van der Waals surface area (Å²) in [6, 6.07) is 9.94. The number of nitrogens with zero attached hydrogens (tertiary/aromatic N) is 3. The van der Waals surface area contributed by atoms with Crippen molar-refractivity contribution in [2.24, 2.45) is 0 Å². The molecule has 2 fully saturated rings. The van der Waals surface area contributed by atoms with Crippen LogP contribution in [0.15, 0.2) is 30.3 Å². The van der Waals surface area contributed by atoms with Crippen molar-refractivity contribution >= 4 is 15.9 Å². The zero-order valence-corrected chi connectivity index (χ0v) is 14.9. The first-order chi connectivity index (χ1) is 11.4.